The summed E-state index contributed by atoms with van der Waals surface area (Å²) >= 11 is 0. The molecule has 0 aliphatic carbocycles. The van der Waals surface area contributed by atoms with Crippen LogP contribution in [0.3, 0.4) is 0 Å². The number of benzene rings is 4. The first-order chi connectivity index (χ1) is 17.7. The van der Waals surface area contributed by atoms with E-state index in [9.17, 15) is 4.79 Å². The van der Waals surface area contributed by atoms with Crippen molar-refractivity contribution in [2.75, 3.05) is 31.1 Å². The van der Waals surface area contributed by atoms with Gasteiger partial charge in [-0.3, -0.25) is 0 Å². The van der Waals surface area contributed by atoms with Crippen molar-refractivity contribution in [1.29, 1.82) is 0 Å². The SMILES string of the molecule is O=C(O)COc1ccc(N2C[C@@H](CCNCCc3cccc4ccccc34)Oc3ccccc32)cc1. The number of para-hydroxylation sites is 2. The van der Waals surface area contributed by atoms with Gasteiger partial charge in [0.15, 0.2) is 6.61 Å². The molecule has 4 aromatic rings. The lowest BCUT2D eigenvalue weighted by Crippen LogP contribution is -2.39. The van der Waals surface area contributed by atoms with Crippen LogP contribution >= 0.6 is 0 Å². The van der Waals surface area contributed by atoms with Crippen LogP contribution in [0.15, 0.2) is 91.0 Å². The Morgan fingerprint density at radius 1 is 0.944 bits per heavy atom. The molecule has 36 heavy (non-hydrogen) atoms. The highest BCUT2D eigenvalue weighted by atomic mass is 16.5. The number of carboxylic acids is 1. The Hall–Kier alpha value is -4.03. The van der Waals surface area contributed by atoms with Gasteiger partial charge in [0.1, 0.15) is 17.6 Å². The van der Waals surface area contributed by atoms with Crippen molar-refractivity contribution >= 4 is 28.1 Å². The first-order valence-electron chi connectivity index (χ1n) is 12.3. The molecule has 6 heteroatoms. The molecule has 0 saturated carbocycles. The molecule has 0 saturated heterocycles. The van der Waals surface area contributed by atoms with Gasteiger partial charge in [0.05, 0.1) is 12.2 Å². The Balaban J connectivity index is 1.18. The Bertz CT molecular complexity index is 1320. The van der Waals surface area contributed by atoms with Crippen molar-refractivity contribution in [3.8, 4) is 11.5 Å². The lowest BCUT2D eigenvalue weighted by molar-refractivity contribution is -0.139. The van der Waals surface area contributed by atoms with Gasteiger partial charge in [0.2, 0.25) is 0 Å². The number of fused-ring (bicyclic) bond motifs is 2. The van der Waals surface area contributed by atoms with E-state index >= 15 is 0 Å². The van der Waals surface area contributed by atoms with Gasteiger partial charge in [0.25, 0.3) is 0 Å². The van der Waals surface area contributed by atoms with E-state index in [0.29, 0.717) is 5.75 Å². The topological polar surface area (TPSA) is 71.0 Å². The summed E-state index contributed by atoms with van der Waals surface area (Å²) in [5, 5.41) is 15.0. The van der Waals surface area contributed by atoms with Crippen LogP contribution in [0.4, 0.5) is 11.4 Å². The number of rotatable bonds is 10. The van der Waals surface area contributed by atoms with Gasteiger partial charge in [-0.15, -0.1) is 0 Å². The molecule has 0 fully saturated rings. The number of anilines is 2. The maximum Gasteiger partial charge on any atom is 0.341 e. The van der Waals surface area contributed by atoms with E-state index in [1.165, 1.54) is 16.3 Å². The average molecular weight is 483 g/mol. The number of hydrogen-bond acceptors (Lipinski definition) is 5. The van der Waals surface area contributed by atoms with E-state index in [2.05, 4.69) is 58.7 Å². The summed E-state index contributed by atoms with van der Waals surface area (Å²) in [5.74, 6) is 0.417. The molecule has 6 nitrogen and oxygen atoms in total. The van der Waals surface area contributed by atoms with Gasteiger partial charge < -0.3 is 24.8 Å². The monoisotopic (exact) mass is 482 g/mol. The minimum Gasteiger partial charge on any atom is -0.486 e. The molecule has 0 aromatic heterocycles. The number of ether oxygens (including phenoxy) is 2. The summed E-state index contributed by atoms with van der Waals surface area (Å²) in [4.78, 5) is 13.0. The molecule has 4 aromatic carbocycles. The zero-order chi connectivity index (χ0) is 24.7. The quantitative estimate of drug-likeness (QED) is 0.294. The summed E-state index contributed by atoms with van der Waals surface area (Å²) in [5.41, 5.74) is 3.41. The Kier molecular flexibility index (Phi) is 7.33. The van der Waals surface area contributed by atoms with Crippen molar-refractivity contribution in [2.45, 2.75) is 18.9 Å². The highest BCUT2D eigenvalue weighted by molar-refractivity contribution is 5.85. The molecule has 1 heterocycles. The predicted molar refractivity (Wildman–Crippen MR) is 143 cm³/mol. The lowest BCUT2D eigenvalue weighted by atomic mass is 10.0. The van der Waals surface area contributed by atoms with Crippen LogP contribution in [0.25, 0.3) is 10.8 Å². The van der Waals surface area contributed by atoms with E-state index in [4.69, 9.17) is 14.6 Å². The largest absolute Gasteiger partial charge is 0.486 e. The van der Waals surface area contributed by atoms with Crippen molar-refractivity contribution in [1.82, 2.24) is 5.32 Å². The molecule has 1 atom stereocenters. The van der Waals surface area contributed by atoms with Crippen molar-refractivity contribution in [2.24, 2.45) is 0 Å². The third-order valence-corrected chi connectivity index (χ3v) is 6.44. The minimum absolute atomic E-state index is 0.0490. The minimum atomic E-state index is -0.991. The van der Waals surface area contributed by atoms with E-state index in [1.54, 1.807) is 12.1 Å². The van der Waals surface area contributed by atoms with Crippen LogP contribution in [-0.4, -0.2) is 43.4 Å². The number of hydrogen-bond donors (Lipinski definition) is 2. The van der Waals surface area contributed by atoms with Crippen LogP contribution in [0.5, 0.6) is 11.5 Å². The first-order valence-corrected chi connectivity index (χ1v) is 12.3. The third-order valence-electron chi connectivity index (χ3n) is 6.44. The second kappa shape index (κ2) is 11.1. The highest BCUT2D eigenvalue weighted by Gasteiger charge is 2.26. The summed E-state index contributed by atoms with van der Waals surface area (Å²) < 4.78 is 11.6. The third kappa shape index (κ3) is 5.61. The standard InChI is InChI=1S/C30H30N2O4/c33-30(34)21-35-25-14-12-24(13-15-25)32-20-26(36-29-11-4-3-10-28(29)32)17-19-31-18-16-23-8-5-7-22-6-1-2-9-27(22)23/h1-15,26,31H,16-21H2,(H,33,34)/t26-/m1/s1. The molecule has 5 rings (SSSR count). The molecule has 184 valence electrons. The van der Waals surface area contributed by atoms with Crippen LogP contribution in [0, 0.1) is 0 Å². The normalized spacial score (nSPS) is 14.8. The molecule has 0 bridgehead atoms. The molecule has 1 aliphatic heterocycles. The summed E-state index contributed by atoms with van der Waals surface area (Å²) in [6, 6.07) is 30.6. The van der Waals surface area contributed by atoms with Gasteiger partial charge in [-0.1, -0.05) is 54.6 Å². The number of nitrogens with zero attached hydrogens (tertiary/aromatic N) is 1. The number of carbonyl (C=O) groups is 1. The molecular weight excluding hydrogens is 452 g/mol. The van der Waals surface area contributed by atoms with E-state index in [0.717, 1.165) is 49.6 Å². The maximum atomic E-state index is 10.8. The summed E-state index contributed by atoms with van der Waals surface area (Å²) in [6.07, 6.45) is 1.92. The van der Waals surface area contributed by atoms with Crippen LogP contribution in [0.1, 0.15) is 12.0 Å². The molecule has 2 N–H and O–H groups in total. The summed E-state index contributed by atoms with van der Waals surface area (Å²) in [7, 11) is 0. The van der Waals surface area contributed by atoms with Crippen molar-refractivity contribution < 1.29 is 19.4 Å². The summed E-state index contributed by atoms with van der Waals surface area (Å²) in [6.45, 7) is 2.17. The zero-order valence-corrected chi connectivity index (χ0v) is 20.1. The number of nitrogens with one attached hydrogen (secondary N) is 1. The molecule has 0 amide bonds. The van der Waals surface area contributed by atoms with Crippen molar-refractivity contribution in [3.05, 3.63) is 96.6 Å². The van der Waals surface area contributed by atoms with Gasteiger partial charge in [-0.05, 0) is 78.7 Å². The van der Waals surface area contributed by atoms with Crippen LogP contribution < -0.4 is 19.7 Å². The average Bonchev–Trinajstić information content (AvgIpc) is 2.91. The highest BCUT2D eigenvalue weighted by Crippen LogP contribution is 2.38. The van der Waals surface area contributed by atoms with Gasteiger partial charge in [-0.25, -0.2) is 4.79 Å². The fourth-order valence-electron chi connectivity index (χ4n) is 4.68. The first kappa shape index (κ1) is 23.7. The number of carboxylic acid groups (broad SMARTS) is 1. The van der Waals surface area contributed by atoms with Gasteiger partial charge >= 0.3 is 5.97 Å². The van der Waals surface area contributed by atoms with E-state index < -0.39 is 5.97 Å². The van der Waals surface area contributed by atoms with Crippen LogP contribution in [-0.2, 0) is 11.2 Å². The second-order valence-corrected chi connectivity index (χ2v) is 8.92. The Labute approximate surface area is 211 Å². The van der Waals surface area contributed by atoms with Crippen molar-refractivity contribution in [3.63, 3.8) is 0 Å². The molecule has 0 radical (unpaired) electrons. The molecule has 1 aliphatic rings. The second-order valence-electron chi connectivity index (χ2n) is 8.92. The van der Waals surface area contributed by atoms with E-state index in [-0.39, 0.29) is 12.7 Å². The fourth-order valence-corrected chi connectivity index (χ4v) is 4.68. The van der Waals surface area contributed by atoms with Gasteiger partial charge in [0, 0.05) is 5.69 Å². The maximum absolute atomic E-state index is 10.8. The Morgan fingerprint density at radius 3 is 2.58 bits per heavy atom. The smallest absolute Gasteiger partial charge is 0.341 e. The Morgan fingerprint density at radius 2 is 1.72 bits per heavy atom. The molecular formula is C30H30N2O4. The van der Waals surface area contributed by atoms with Crippen LogP contribution in [0.2, 0.25) is 0 Å². The number of aliphatic carboxylic acids is 1. The predicted octanol–water partition coefficient (Wildman–Crippen LogP) is 5.42. The molecule has 0 unspecified atom stereocenters. The molecule has 0 spiro atoms. The zero-order valence-electron chi connectivity index (χ0n) is 20.1. The van der Waals surface area contributed by atoms with Gasteiger partial charge in [-0.2, -0.15) is 0 Å². The lowest BCUT2D eigenvalue weighted by Gasteiger charge is -2.36. The van der Waals surface area contributed by atoms with E-state index in [1.807, 2.05) is 30.3 Å². The fraction of sp³-hybridized carbons (Fsp3) is 0.233.